The first kappa shape index (κ1) is 19.6. The number of amides is 1. The second-order valence-corrected chi connectivity index (χ2v) is 8.46. The number of aromatic nitrogens is 1. The van der Waals surface area contributed by atoms with E-state index < -0.39 is 0 Å². The van der Waals surface area contributed by atoms with Crippen molar-refractivity contribution in [2.24, 2.45) is 5.92 Å². The standard InChI is InChI=1S/C24H29N3O2/c1-16-8-10-27(11-9-16)15-19-4-6-20(7-5-19)25-23(28)14-21-24-18(3)12-17(2)13-22(24)29-26-21/h4-7,12-13,16H,8-11,14-15H2,1-3H3,(H,25,28). The van der Waals surface area contributed by atoms with E-state index in [-0.39, 0.29) is 12.3 Å². The summed E-state index contributed by atoms with van der Waals surface area (Å²) in [4.78, 5) is 15.0. The number of piperidine rings is 1. The Balaban J connectivity index is 1.36. The van der Waals surface area contributed by atoms with Crippen LogP contribution in [0, 0.1) is 19.8 Å². The van der Waals surface area contributed by atoms with Crippen LogP contribution in [0.5, 0.6) is 0 Å². The topological polar surface area (TPSA) is 58.4 Å². The van der Waals surface area contributed by atoms with E-state index in [4.69, 9.17) is 4.52 Å². The number of rotatable bonds is 5. The van der Waals surface area contributed by atoms with Gasteiger partial charge in [-0.25, -0.2) is 0 Å². The molecule has 1 aliphatic rings. The average molecular weight is 392 g/mol. The summed E-state index contributed by atoms with van der Waals surface area (Å²) >= 11 is 0. The van der Waals surface area contributed by atoms with Crippen molar-refractivity contribution in [3.63, 3.8) is 0 Å². The lowest BCUT2D eigenvalue weighted by atomic mass is 9.99. The third-order valence-electron chi connectivity index (χ3n) is 5.83. The summed E-state index contributed by atoms with van der Waals surface area (Å²) < 4.78 is 5.42. The molecule has 0 atom stereocenters. The minimum atomic E-state index is -0.0852. The Labute approximate surface area is 172 Å². The number of carbonyl (C=O) groups is 1. The SMILES string of the molecule is Cc1cc(C)c2c(CC(=O)Nc3ccc(CN4CCC(C)CC4)cc3)noc2c1. The van der Waals surface area contributed by atoms with Crippen molar-refractivity contribution in [1.82, 2.24) is 10.1 Å². The number of likely N-dealkylation sites (tertiary alicyclic amines) is 1. The maximum atomic E-state index is 12.5. The van der Waals surface area contributed by atoms with Gasteiger partial charge in [0, 0.05) is 17.6 Å². The van der Waals surface area contributed by atoms with Crippen LogP contribution < -0.4 is 5.32 Å². The molecule has 152 valence electrons. The number of hydrogen-bond donors (Lipinski definition) is 1. The molecule has 0 bridgehead atoms. The predicted molar refractivity (Wildman–Crippen MR) is 116 cm³/mol. The highest BCUT2D eigenvalue weighted by molar-refractivity contribution is 5.95. The summed E-state index contributed by atoms with van der Waals surface area (Å²) in [5.41, 5.74) is 5.73. The average Bonchev–Trinajstić information content (AvgIpc) is 3.07. The van der Waals surface area contributed by atoms with Gasteiger partial charge in [-0.3, -0.25) is 9.69 Å². The van der Waals surface area contributed by atoms with Crippen molar-refractivity contribution in [2.75, 3.05) is 18.4 Å². The summed E-state index contributed by atoms with van der Waals surface area (Å²) in [7, 11) is 0. The molecular formula is C24H29N3O2. The molecule has 0 saturated carbocycles. The van der Waals surface area contributed by atoms with Crippen molar-refractivity contribution >= 4 is 22.6 Å². The molecule has 5 nitrogen and oxygen atoms in total. The Hall–Kier alpha value is -2.66. The fourth-order valence-corrected chi connectivity index (χ4v) is 4.17. The Kier molecular flexibility index (Phi) is 5.67. The van der Waals surface area contributed by atoms with Crippen molar-refractivity contribution in [3.05, 3.63) is 58.8 Å². The van der Waals surface area contributed by atoms with Crippen LogP contribution in [0.2, 0.25) is 0 Å². The van der Waals surface area contributed by atoms with Gasteiger partial charge in [0.2, 0.25) is 5.91 Å². The molecule has 1 fully saturated rings. The Bertz CT molecular complexity index is 999. The van der Waals surface area contributed by atoms with Gasteiger partial charge in [-0.15, -0.1) is 0 Å². The van der Waals surface area contributed by atoms with E-state index in [2.05, 4.69) is 40.5 Å². The largest absolute Gasteiger partial charge is 0.356 e. The van der Waals surface area contributed by atoms with Gasteiger partial charge >= 0.3 is 0 Å². The van der Waals surface area contributed by atoms with Crippen LogP contribution in [0.15, 0.2) is 40.9 Å². The van der Waals surface area contributed by atoms with Gasteiger partial charge in [0.15, 0.2) is 5.58 Å². The summed E-state index contributed by atoms with van der Waals surface area (Å²) in [6.45, 7) is 9.70. The maximum Gasteiger partial charge on any atom is 0.230 e. The molecule has 0 aliphatic carbocycles. The van der Waals surface area contributed by atoms with Crippen molar-refractivity contribution in [1.29, 1.82) is 0 Å². The smallest absolute Gasteiger partial charge is 0.230 e. The molecule has 1 amide bonds. The van der Waals surface area contributed by atoms with Gasteiger partial charge in [0.1, 0.15) is 5.69 Å². The summed E-state index contributed by atoms with van der Waals surface area (Å²) in [6, 6.07) is 12.2. The van der Waals surface area contributed by atoms with Crippen LogP contribution >= 0.6 is 0 Å². The fraction of sp³-hybridized carbons (Fsp3) is 0.417. The monoisotopic (exact) mass is 391 g/mol. The first-order chi connectivity index (χ1) is 14.0. The Morgan fingerprint density at radius 3 is 2.62 bits per heavy atom. The zero-order valence-electron chi connectivity index (χ0n) is 17.5. The lowest BCUT2D eigenvalue weighted by Gasteiger charge is -2.30. The van der Waals surface area contributed by atoms with Crippen molar-refractivity contribution in [3.8, 4) is 0 Å². The minimum absolute atomic E-state index is 0.0852. The highest BCUT2D eigenvalue weighted by Crippen LogP contribution is 2.25. The number of anilines is 1. The van der Waals surface area contributed by atoms with Crippen molar-refractivity contribution in [2.45, 2.75) is 46.6 Å². The van der Waals surface area contributed by atoms with Gasteiger partial charge in [0.05, 0.1) is 6.42 Å². The quantitative estimate of drug-likeness (QED) is 0.675. The number of benzene rings is 2. The Morgan fingerprint density at radius 2 is 1.90 bits per heavy atom. The molecule has 0 spiro atoms. The lowest BCUT2D eigenvalue weighted by molar-refractivity contribution is -0.115. The molecule has 1 aliphatic heterocycles. The first-order valence-corrected chi connectivity index (χ1v) is 10.4. The van der Waals surface area contributed by atoms with Crippen molar-refractivity contribution < 1.29 is 9.32 Å². The molecular weight excluding hydrogens is 362 g/mol. The lowest BCUT2D eigenvalue weighted by Crippen LogP contribution is -2.32. The van der Waals surface area contributed by atoms with E-state index in [1.54, 1.807) is 0 Å². The third kappa shape index (κ3) is 4.67. The molecule has 2 heterocycles. The van der Waals surface area contributed by atoms with E-state index in [0.717, 1.165) is 40.2 Å². The van der Waals surface area contributed by atoms with Crippen LogP contribution in [0.1, 0.15) is 42.1 Å². The minimum Gasteiger partial charge on any atom is -0.356 e. The molecule has 0 radical (unpaired) electrons. The van der Waals surface area contributed by atoms with E-state index >= 15 is 0 Å². The zero-order chi connectivity index (χ0) is 20.4. The molecule has 5 heteroatoms. The number of carbonyl (C=O) groups excluding carboxylic acids is 1. The molecule has 2 aromatic carbocycles. The molecule has 29 heavy (non-hydrogen) atoms. The predicted octanol–water partition coefficient (Wildman–Crippen LogP) is 4.86. The zero-order valence-corrected chi connectivity index (χ0v) is 17.5. The van der Waals surface area contributed by atoms with Gasteiger partial charge in [0.25, 0.3) is 0 Å². The summed E-state index contributed by atoms with van der Waals surface area (Å²) in [5, 5.41) is 8.04. The van der Waals surface area contributed by atoms with Crippen LogP contribution in [0.25, 0.3) is 11.0 Å². The highest BCUT2D eigenvalue weighted by Gasteiger charge is 2.17. The normalized spacial score (nSPS) is 15.7. The molecule has 4 rings (SSSR count). The molecule has 0 unspecified atom stereocenters. The molecule has 1 aromatic heterocycles. The van der Waals surface area contributed by atoms with Crippen LogP contribution in [0.4, 0.5) is 5.69 Å². The van der Waals surface area contributed by atoms with Gasteiger partial charge < -0.3 is 9.84 Å². The number of hydrogen-bond acceptors (Lipinski definition) is 4. The van der Waals surface area contributed by atoms with Gasteiger partial charge in [-0.1, -0.05) is 30.3 Å². The second kappa shape index (κ2) is 8.37. The van der Waals surface area contributed by atoms with Gasteiger partial charge in [-0.2, -0.15) is 0 Å². The summed E-state index contributed by atoms with van der Waals surface area (Å²) in [6.07, 6.45) is 2.76. The number of nitrogens with zero attached hydrogens (tertiary/aromatic N) is 2. The molecule has 3 aromatic rings. The third-order valence-corrected chi connectivity index (χ3v) is 5.83. The fourth-order valence-electron chi connectivity index (χ4n) is 4.17. The maximum absolute atomic E-state index is 12.5. The van der Waals surface area contributed by atoms with Crippen LogP contribution in [-0.4, -0.2) is 29.1 Å². The van der Waals surface area contributed by atoms with Crippen LogP contribution in [0.3, 0.4) is 0 Å². The van der Waals surface area contributed by atoms with Crippen LogP contribution in [-0.2, 0) is 17.8 Å². The summed E-state index contributed by atoms with van der Waals surface area (Å²) in [5.74, 6) is 0.761. The molecule has 1 N–H and O–H groups in total. The Morgan fingerprint density at radius 1 is 1.17 bits per heavy atom. The van der Waals surface area contributed by atoms with E-state index in [1.165, 1.54) is 31.5 Å². The number of fused-ring (bicyclic) bond motifs is 1. The van der Waals surface area contributed by atoms with E-state index in [1.807, 2.05) is 32.0 Å². The second-order valence-electron chi connectivity index (χ2n) is 8.46. The van der Waals surface area contributed by atoms with E-state index in [9.17, 15) is 4.79 Å². The van der Waals surface area contributed by atoms with E-state index in [0.29, 0.717) is 5.69 Å². The number of aryl methyl sites for hydroxylation is 2. The molecule has 1 saturated heterocycles. The van der Waals surface area contributed by atoms with Gasteiger partial charge in [-0.05, 0) is 80.6 Å². The highest BCUT2D eigenvalue weighted by atomic mass is 16.5. The number of nitrogens with one attached hydrogen (secondary N) is 1. The first-order valence-electron chi connectivity index (χ1n) is 10.4.